The van der Waals surface area contributed by atoms with Crippen molar-refractivity contribution in [1.29, 1.82) is 5.26 Å². The largest absolute Gasteiger partial charge is 0.444 e. The number of rotatable bonds is 9. The fraction of sp³-hybridized carbons (Fsp3) is 0.407. The van der Waals surface area contributed by atoms with E-state index in [1.54, 1.807) is 32.9 Å². The summed E-state index contributed by atoms with van der Waals surface area (Å²) in [5.41, 5.74) is 2.49. The summed E-state index contributed by atoms with van der Waals surface area (Å²) in [5.74, 6) is -1.10. The van der Waals surface area contributed by atoms with Gasteiger partial charge < -0.3 is 20.3 Å². The highest BCUT2D eigenvalue weighted by molar-refractivity contribution is 7.80. The summed E-state index contributed by atoms with van der Waals surface area (Å²) in [4.78, 5) is 40.8. The number of nitrogens with zero attached hydrogens (tertiary/aromatic N) is 2. The van der Waals surface area contributed by atoms with E-state index in [-0.39, 0.29) is 18.8 Å². The number of nitriles is 1. The predicted octanol–water partition coefficient (Wildman–Crippen LogP) is 3.84. The van der Waals surface area contributed by atoms with Crippen LogP contribution in [0.4, 0.5) is 4.79 Å². The van der Waals surface area contributed by atoms with E-state index < -0.39 is 35.6 Å². The molecule has 0 aromatic heterocycles. The highest BCUT2D eigenvalue weighted by atomic mass is 32.1. The molecular weight excluding hydrogens is 476 g/mol. The van der Waals surface area contributed by atoms with Crippen molar-refractivity contribution in [2.45, 2.75) is 58.8 Å². The molecule has 0 spiro atoms. The third-order valence-corrected chi connectivity index (χ3v) is 5.87. The van der Waals surface area contributed by atoms with Gasteiger partial charge in [-0.05, 0) is 56.9 Å². The van der Waals surface area contributed by atoms with E-state index in [0.29, 0.717) is 5.56 Å². The van der Waals surface area contributed by atoms with Crippen LogP contribution in [0.25, 0.3) is 0 Å². The summed E-state index contributed by atoms with van der Waals surface area (Å²) in [6, 6.07) is 14.7. The lowest BCUT2D eigenvalue weighted by Crippen LogP contribution is -2.54. The van der Waals surface area contributed by atoms with Gasteiger partial charge >= 0.3 is 6.09 Å². The highest BCUT2D eigenvalue weighted by Gasteiger charge is 2.36. The SMILES string of the molecule is Cc1cccc(C(C(=O)NCc2ccccc2)N(CC#N)C(=O)C(CS)NC(=O)OC(C)(C)C)c1C. The second kappa shape index (κ2) is 13.0. The van der Waals surface area contributed by atoms with Gasteiger partial charge in [0.2, 0.25) is 11.8 Å². The summed E-state index contributed by atoms with van der Waals surface area (Å²) in [6.45, 7) is 8.79. The topological polar surface area (TPSA) is 112 Å². The van der Waals surface area contributed by atoms with Crippen molar-refractivity contribution in [3.8, 4) is 6.07 Å². The van der Waals surface area contributed by atoms with Crippen molar-refractivity contribution >= 4 is 30.5 Å². The van der Waals surface area contributed by atoms with E-state index in [1.807, 2.05) is 56.3 Å². The first-order valence-electron chi connectivity index (χ1n) is 11.6. The molecule has 2 N–H and O–H groups in total. The van der Waals surface area contributed by atoms with Gasteiger partial charge in [0.1, 0.15) is 24.2 Å². The van der Waals surface area contributed by atoms with Crippen molar-refractivity contribution in [1.82, 2.24) is 15.5 Å². The van der Waals surface area contributed by atoms with Gasteiger partial charge in [0.05, 0.1) is 6.07 Å². The van der Waals surface area contributed by atoms with Crippen LogP contribution in [0.15, 0.2) is 48.5 Å². The number of aryl methyl sites for hydroxylation is 1. The number of nitrogens with one attached hydrogen (secondary N) is 2. The summed E-state index contributed by atoms with van der Waals surface area (Å²) in [6.07, 6.45) is -0.788. The number of alkyl carbamates (subject to hydrolysis) is 1. The molecule has 3 amide bonds. The van der Waals surface area contributed by atoms with Gasteiger partial charge in [-0.3, -0.25) is 9.59 Å². The van der Waals surface area contributed by atoms with Gasteiger partial charge in [0, 0.05) is 12.3 Å². The molecule has 0 saturated carbocycles. The number of amides is 3. The molecule has 192 valence electrons. The first-order chi connectivity index (χ1) is 17.0. The third-order valence-electron chi connectivity index (χ3n) is 5.51. The van der Waals surface area contributed by atoms with E-state index >= 15 is 0 Å². The lowest BCUT2D eigenvalue weighted by Gasteiger charge is -2.33. The van der Waals surface area contributed by atoms with Crippen LogP contribution in [0.1, 0.15) is 49.1 Å². The molecule has 0 fully saturated rings. The van der Waals surface area contributed by atoms with Crippen LogP contribution in [-0.2, 0) is 20.9 Å². The van der Waals surface area contributed by atoms with Crippen LogP contribution in [0.3, 0.4) is 0 Å². The van der Waals surface area contributed by atoms with Crippen LogP contribution < -0.4 is 10.6 Å². The Morgan fingerprint density at radius 3 is 2.33 bits per heavy atom. The van der Waals surface area contributed by atoms with Gasteiger partial charge in [-0.2, -0.15) is 17.9 Å². The molecule has 0 aliphatic carbocycles. The monoisotopic (exact) mass is 510 g/mol. The highest BCUT2D eigenvalue weighted by Crippen LogP contribution is 2.27. The van der Waals surface area contributed by atoms with E-state index in [9.17, 15) is 19.6 Å². The van der Waals surface area contributed by atoms with Crippen LogP contribution in [-0.4, -0.2) is 46.7 Å². The van der Waals surface area contributed by atoms with Gasteiger partial charge in [0.25, 0.3) is 0 Å². The number of carbonyl (C=O) groups is 3. The first kappa shape index (κ1) is 28.7. The zero-order valence-corrected chi connectivity index (χ0v) is 22.3. The van der Waals surface area contributed by atoms with Crippen molar-refractivity contribution in [2.75, 3.05) is 12.3 Å². The Balaban J connectivity index is 2.43. The number of hydrogen-bond acceptors (Lipinski definition) is 6. The fourth-order valence-corrected chi connectivity index (χ4v) is 3.86. The summed E-state index contributed by atoms with van der Waals surface area (Å²) in [5, 5.41) is 15.0. The zero-order chi connectivity index (χ0) is 26.9. The number of ether oxygens (including phenoxy) is 1. The number of hydrogen-bond donors (Lipinski definition) is 3. The van der Waals surface area contributed by atoms with Crippen molar-refractivity contribution in [2.24, 2.45) is 0 Å². The normalized spacial score (nSPS) is 12.6. The second-order valence-electron chi connectivity index (χ2n) is 9.40. The standard InChI is InChI=1S/C27H34N4O4S/c1-18-10-9-13-21(19(18)2)23(24(32)29-16-20-11-7-6-8-12-20)31(15-14-28)25(33)22(17-36)30-26(34)35-27(3,4)5/h6-13,22-23,36H,15-17H2,1-5H3,(H,29,32)(H,30,34). The Morgan fingerprint density at radius 2 is 1.75 bits per heavy atom. The third kappa shape index (κ3) is 8.02. The number of benzene rings is 2. The van der Waals surface area contributed by atoms with Crippen molar-refractivity contribution in [3.05, 3.63) is 70.8 Å². The molecule has 36 heavy (non-hydrogen) atoms. The number of carbonyl (C=O) groups excluding carboxylic acids is 3. The van der Waals surface area contributed by atoms with Crippen LogP contribution in [0.2, 0.25) is 0 Å². The van der Waals surface area contributed by atoms with Crippen LogP contribution in [0, 0.1) is 25.2 Å². The van der Waals surface area contributed by atoms with E-state index in [0.717, 1.165) is 16.7 Å². The Hall–Kier alpha value is -3.51. The minimum atomic E-state index is -1.11. The number of thiol groups is 1. The Kier molecular flexibility index (Phi) is 10.4. The molecule has 2 aromatic rings. The molecule has 0 aliphatic rings. The van der Waals surface area contributed by atoms with Gasteiger partial charge in [-0.1, -0.05) is 48.5 Å². The van der Waals surface area contributed by atoms with Gasteiger partial charge in [-0.25, -0.2) is 4.79 Å². The Labute approximate surface area is 218 Å². The first-order valence-corrected chi connectivity index (χ1v) is 12.3. The quantitative estimate of drug-likeness (QED) is 0.351. The Bertz CT molecular complexity index is 1110. The molecule has 2 unspecified atom stereocenters. The van der Waals surface area contributed by atoms with Crippen LogP contribution >= 0.6 is 12.6 Å². The summed E-state index contributed by atoms with van der Waals surface area (Å²) < 4.78 is 5.28. The molecule has 0 radical (unpaired) electrons. The molecule has 2 aromatic carbocycles. The molecule has 2 atom stereocenters. The average molecular weight is 511 g/mol. The molecule has 9 heteroatoms. The molecule has 8 nitrogen and oxygen atoms in total. The Morgan fingerprint density at radius 1 is 1.08 bits per heavy atom. The molecule has 0 heterocycles. The maximum absolute atomic E-state index is 13.6. The van der Waals surface area contributed by atoms with Gasteiger partial charge in [0.15, 0.2) is 0 Å². The maximum atomic E-state index is 13.6. The summed E-state index contributed by atoms with van der Waals surface area (Å²) in [7, 11) is 0. The average Bonchev–Trinajstić information content (AvgIpc) is 2.82. The molecule has 0 saturated heterocycles. The lowest BCUT2D eigenvalue weighted by molar-refractivity contribution is -0.141. The van der Waals surface area contributed by atoms with E-state index in [4.69, 9.17) is 4.74 Å². The maximum Gasteiger partial charge on any atom is 0.408 e. The smallest absolute Gasteiger partial charge is 0.408 e. The minimum Gasteiger partial charge on any atom is -0.444 e. The van der Waals surface area contributed by atoms with Crippen molar-refractivity contribution < 1.29 is 19.1 Å². The van der Waals surface area contributed by atoms with Gasteiger partial charge in [-0.15, -0.1) is 0 Å². The lowest BCUT2D eigenvalue weighted by atomic mass is 9.95. The summed E-state index contributed by atoms with van der Waals surface area (Å²) >= 11 is 4.24. The predicted molar refractivity (Wildman–Crippen MR) is 141 cm³/mol. The molecule has 2 rings (SSSR count). The fourth-order valence-electron chi connectivity index (χ4n) is 3.61. The van der Waals surface area contributed by atoms with Crippen LogP contribution in [0.5, 0.6) is 0 Å². The molecule has 0 aliphatic heterocycles. The van der Waals surface area contributed by atoms with E-state index in [2.05, 4.69) is 23.3 Å². The second-order valence-corrected chi connectivity index (χ2v) is 9.77. The molecule has 0 bridgehead atoms. The van der Waals surface area contributed by atoms with Crippen molar-refractivity contribution in [3.63, 3.8) is 0 Å². The minimum absolute atomic E-state index is 0.0504. The zero-order valence-electron chi connectivity index (χ0n) is 21.4. The van der Waals surface area contributed by atoms with E-state index in [1.165, 1.54) is 4.90 Å². The molecular formula is C27H34N4O4S.